The van der Waals surface area contributed by atoms with E-state index in [1.165, 1.54) is 6.92 Å². The van der Waals surface area contributed by atoms with E-state index in [1.54, 1.807) is 17.2 Å². The van der Waals surface area contributed by atoms with E-state index in [0.717, 1.165) is 35.5 Å². The number of nitrogens with one attached hydrogen (secondary N) is 4. The van der Waals surface area contributed by atoms with E-state index in [0.29, 0.717) is 17.8 Å². The first-order valence-electron chi connectivity index (χ1n) is 18.1. The van der Waals surface area contributed by atoms with Crippen LogP contribution in [0.25, 0.3) is 11.1 Å². The van der Waals surface area contributed by atoms with Crippen LogP contribution >= 0.6 is 11.8 Å². The molecule has 14 nitrogen and oxygen atoms in total. The van der Waals surface area contributed by atoms with Crippen molar-refractivity contribution in [3.63, 3.8) is 0 Å². The van der Waals surface area contributed by atoms with Crippen molar-refractivity contribution in [2.24, 2.45) is 11.1 Å². The normalized spacial score (nSPS) is 16.6. The number of benzene rings is 2. The van der Waals surface area contributed by atoms with Crippen molar-refractivity contribution in [1.82, 2.24) is 30.7 Å². The largest absolute Gasteiger partial charge is 0.480 e. The van der Waals surface area contributed by atoms with Gasteiger partial charge in [-0.1, -0.05) is 51.1 Å². The predicted molar refractivity (Wildman–Crippen MR) is 207 cm³/mol. The lowest BCUT2D eigenvalue weighted by molar-refractivity contribution is -0.141. The Balaban J connectivity index is 1.34. The van der Waals surface area contributed by atoms with Gasteiger partial charge in [-0.2, -0.15) is 0 Å². The number of nitrogens with two attached hydrogens (primary N) is 1. The molecule has 2 heterocycles. The second-order valence-corrected chi connectivity index (χ2v) is 15.8. The smallest absolute Gasteiger partial charge is 0.327 e. The molecule has 1 aliphatic heterocycles. The fourth-order valence-electron chi connectivity index (χ4n) is 6.37. The fraction of sp³-hybridized carbons (Fsp3) is 0.436. The predicted octanol–water partition coefficient (Wildman–Crippen LogP) is 2.56. The van der Waals surface area contributed by atoms with E-state index in [4.69, 9.17) is 10.8 Å². The van der Waals surface area contributed by atoms with Gasteiger partial charge in [0, 0.05) is 68.3 Å². The third-order valence-corrected chi connectivity index (χ3v) is 10.4. The number of hydrogen-bond acceptors (Lipinski definition) is 8. The minimum Gasteiger partial charge on any atom is -0.480 e. The summed E-state index contributed by atoms with van der Waals surface area (Å²) in [7, 11) is 0. The number of hydrogen-bond donors (Lipinski definition) is 6. The van der Waals surface area contributed by atoms with Crippen molar-refractivity contribution >= 4 is 47.3 Å². The molecule has 4 atom stereocenters. The first-order valence-corrected chi connectivity index (χ1v) is 19.2. The van der Waals surface area contributed by atoms with Crippen LogP contribution in [-0.4, -0.2) is 99.3 Å². The molecule has 1 aromatic heterocycles. The summed E-state index contributed by atoms with van der Waals surface area (Å²) < 4.78 is 31.2. The van der Waals surface area contributed by atoms with Crippen LogP contribution in [-0.2, 0) is 35.3 Å². The average molecular weight is 798 g/mol. The van der Waals surface area contributed by atoms with E-state index in [-0.39, 0.29) is 56.2 Å². The topological polar surface area (TPSA) is 205 Å². The van der Waals surface area contributed by atoms with Crippen LogP contribution in [0, 0.1) is 17.0 Å². The highest BCUT2D eigenvalue weighted by Crippen LogP contribution is 2.41. The quantitative estimate of drug-likeness (QED) is 0.111. The molecule has 1 saturated heterocycles. The third kappa shape index (κ3) is 12.1. The average Bonchev–Trinajstić information content (AvgIpc) is 3.54. The highest BCUT2D eigenvalue weighted by Gasteiger charge is 2.37. The van der Waals surface area contributed by atoms with Gasteiger partial charge in [-0.25, -0.2) is 13.6 Å². The SMILES string of the molecule is CC(=O)N(CCC(N)C(=O)NCCNC(=O)CNC(=O)CC1SCC(C(=O)O)NC1=O)C(c1cc(-c2cc(F)ccc2F)cn1Cc1ccccc1)C(C)(C)C. The number of carbonyl (C=O) groups excluding carboxylic acids is 5. The molecule has 5 amide bonds. The summed E-state index contributed by atoms with van der Waals surface area (Å²) in [4.78, 5) is 75.5. The molecule has 56 heavy (non-hydrogen) atoms. The number of thioether (sulfide) groups is 1. The van der Waals surface area contributed by atoms with Crippen LogP contribution < -0.4 is 27.0 Å². The molecule has 4 rings (SSSR count). The lowest BCUT2D eigenvalue weighted by Crippen LogP contribution is -2.51. The summed E-state index contributed by atoms with van der Waals surface area (Å²) in [5, 5.41) is 18.2. The van der Waals surface area contributed by atoms with Crippen molar-refractivity contribution in [2.75, 3.05) is 31.9 Å². The first-order chi connectivity index (χ1) is 26.4. The summed E-state index contributed by atoms with van der Waals surface area (Å²) in [6, 6.07) is 12.0. The van der Waals surface area contributed by atoms with Crippen LogP contribution in [0.5, 0.6) is 0 Å². The van der Waals surface area contributed by atoms with E-state index in [2.05, 4.69) is 21.3 Å². The standard InChI is InChI=1S/C39H49F2N7O7S/c1-23(49)48(15-12-29(42)36(52)44-14-13-43-34(51)19-45-33(50)18-32-37(53)46-30(22-56-32)38(54)55)35(39(2,3)4)31-16-25(27-17-26(40)10-11-28(27)41)21-47(31)20-24-8-6-5-7-9-24/h5-11,16-17,21,29-30,32,35H,12-15,18-20,22,42H2,1-4H3,(H,43,51)(H,44,52)(H,45,50)(H,46,53)(H,54,55). The number of amides is 5. The Morgan fingerprint density at radius 2 is 1.71 bits per heavy atom. The number of halogens is 2. The zero-order valence-corrected chi connectivity index (χ0v) is 32.6. The van der Waals surface area contributed by atoms with Gasteiger partial charge in [0.2, 0.25) is 29.5 Å². The van der Waals surface area contributed by atoms with Crippen LogP contribution in [0.2, 0.25) is 0 Å². The molecular formula is C39H49F2N7O7S. The van der Waals surface area contributed by atoms with E-state index in [1.807, 2.05) is 55.7 Å². The van der Waals surface area contributed by atoms with Crippen molar-refractivity contribution in [1.29, 1.82) is 0 Å². The Hall–Kier alpha value is -5.29. The lowest BCUT2D eigenvalue weighted by atomic mass is 9.82. The summed E-state index contributed by atoms with van der Waals surface area (Å²) in [5.74, 6) is -4.64. The number of carboxylic acid groups (broad SMARTS) is 1. The van der Waals surface area contributed by atoms with Gasteiger partial charge >= 0.3 is 5.97 Å². The number of nitrogens with zero attached hydrogens (tertiary/aromatic N) is 2. The molecule has 0 bridgehead atoms. The van der Waals surface area contributed by atoms with Crippen molar-refractivity contribution in [3.05, 3.63) is 83.7 Å². The molecule has 4 unspecified atom stereocenters. The molecule has 17 heteroatoms. The van der Waals surface area contributed by atoms with Gasteiger partial charge < -0.3 is 41.6 Å². The van der Waals surface area contributed by atoms with Crippen LogP contribution in [0.3, 0.4) is 0 Å². The number of aromatic nitrogens is 1. The molecule has 1 fully saturated rings. The number of carboxylic acids is 1. The number of carbonyl (C=O) groups is 6. The zero-order valence-electron chi connectivity index (χ0n) is 31.8. The van der Waals surface area contributed by atoms with E-state index < -0.39 is 70.0 Å². The molecule has 3 aromatic rings. The maximum atomic E-state index is 15.0. The van der Waals surface area contributed by atoms with Gasteiger partial charge in [0.15, 0.2) is 0 Å². The van der Waals surface area contributed by atoms with Gasteiger partial charge in [0.25, 0.3) is 0 Å². The molecule has 1 aliphatic rings. The summed E-state index contributed by atoms with van der Waals surface area (Å²) in [6.07, 6.45) is 1.62. The molecule has 0 saturated carbocycles. The van der Waals surface area contributed by atoms with E-state index in [9.17, 15) is 33.2 Å². The maximum Gasteiger partial charge on any atom is 0.327 e. The van der Waals surface area contributed by atoms with E-state index >= 15 is 4.39 Å². The molecule has 302 valence electrons. The number of aliphatic carboxylic acids is 1. The molecule has 2 aromatic carbocycles. The fourth-order valence-corrected chi connectivity index (χ4v) is 7.51. The monoisotopic (exact) mass is 797 g/mol. The van der Waals surface area contributed by atoms with Gasteiger partial charge in [-0.15, -0.1) is 11.8 Å². The van der Waals surface area contributed by atoms with Crippen LogP contribution in [0.1, 0.15) is 57.8 Å². The highest BCUT2D eigenvalue weighted by atomic mass is 32.2. The minimum absolute atomic E-state index is 0.0307. The molecule has 0 aliphatic carbocycles. The molecule has 0 radical (unpaired) electrons. The maximum absolute atomic E-state index is 15.0. The second kappa shape index (κ2) is 19.5. The Bertz CT molecular complexity index is 1900. The third-order valence-electron chi connectivity index (χ3n) is 9.13. The first kappa shape index (κ1) is 43.4. The molecule has 7 N–H and O–H groups in total. The highest BCUT2D eigenvalue weighted by molar-refractivity contribution is 8.00. The summed E-state index contributed by atoms with van der Waals surface area (Å²) >= 11 is 1.05. The second-order valence-electron chi connectivity index (χ2n) is 14.6. The van der Waals surface area contributed by atoms with Crippen molar-refractivity contribution < 1.29 is 42.7 Å². The number of rotatable bonds is 17. The summed E-state index contributed by atoms with van der Waals surface area (Å²) in [6.45, 7) is 7.51. The Morgan fingerprint density at radius 3 is 2.36 bits per heavy atom. The summed E-state index contributed by atoms with van der Waals surface area (Å²) in [5.41, 5.74) is 7.88. The lowest BCUT2D eigenvalue weighted by Gasteiger charge is -2.41. The minimum atomic E-state index is -1.16. The van der Waals surface area contributed by atoms with Crippen molar-refractivity contribution in [2.45, 2.75) is 70.5 Å². The van der Waals surface area contributed by atoms with Crippen molar-refractivity contribution in [3.8, 4) is 11.1 Å². The van der Waals surface area contributed by atoms with Gasteiger partial charge in [0.1, 0.15) is 17.7 Å². The Kier molecular flexibility index (Phi) is 15.1. The zero-order chi connectivity index (χ0) is 41.2. The molecular weight excluding hydrogens is 749 g/mol. The van der Waals surface area contributed by atoms with Crippen LogP contribution in [0.15, 0.2) is 60.8 Å². The molecule has 0 spiro atoms. The van der Waals surface area contributed by atoms with Gasteiger partial charge in [0.05, 0.1) is 23.9 Å². The van der Waals surface area contributed by atoms with Gasteiger partial charge in [-0.05, 0) is 41.7 Å². The van der Waals surface area contributed by atoms with Crippen LogP contribution in [0.4, 0.5) is 8.78 Å². The Labute approximate surface area is 328 Å². The van der Waals surface area contributed by atoms with Gasteiger partial charge in [-0.3, -0.25) is 24.0 Å². The Morgan fingerprint density at radius 1 is 1.02 bits per heavy atom.